The largest absolute Gasteiger partial charge is 0.462 e. The zero-order valence-corrected chi connectivity index (χ0v) is 36.3. The topological polar surface area (TPSA) is 87.2 Å². The number of esters is 1. The first kappa shape index (κ1) is 41.9. The molecule has 0 radical (unpaired) electrons. The van der Waals surface area contributed by atoms with E-state index in [0.717, 1.165) is 89.2 Å². The highest BCUT2D eigenvalue weighted by Gasteiger charge is 2.67. The molecule has 7 nitrogen and oxygen atoms in total. The minimum atomic E-state index is -0.751. The number of ketones is 1. The van der Waals surface area contributed by atoms with Crippen LogP contribution in [-0.4, -0.2) is 78.5 Å². The van der Waals surface area contributed by atoms with E-state index >= 15 is 0 Å². The zero-order chi connectivity index (χ0) is 39.6. The molecule has 0 aromatic rings. The third-order valence-corrected chi connectivity index (χ3v) is 16.6. The summed E-state index contributed by atoms with van der Waals surface area (Å²) < 4.78 is 6.32. The molecule has 0 aromatic heterocycles. The average molecular weight is 751 g/mol. The molecule has 5 fully saturated rings. The third kappa shape index (κ3) is 7.42. The van der Waals surface area contributed by atoms with Crippen molar-refractivity contribution >= 4 is 17.7 Å². The molecule has 6 aliphatic carbocycles. The molecule has 6 aliphatic rings. The number of likely N-dealkylation sites (N-methyl/N-ethyl adjacent to an activating group) is 1. The molecule has 306 valence electrons. The van der Waals surface area contributed by atoms with Gasteiger partial charge in [0.2, 0.25) is 5.91 Å². The van der Waals surface area contributed by atoms with Gasteiger partial charge >= 0.3 is 5.97 Å². The van der Waals surface area contributed by atoms with Crippen LogP contribution in [0.1, 0.15) is 159 Å². The second kappa shape index (κ2) is 15.2. The summed E-state index contributed by atoms with van der Waals surface area (Å²) in [6.07, 6.45) is 13.7. The van der Waals surface area contributed by atoms with Gasteiger partial charge in [0, 0.05) is 42.8 Å². The van der Waals surface area contributed by atoms with Crippen molar-refractivity contribution in [1.82, 2.24) is 9.80 Å². The lowest BCUT2D eigenvalue weighted by molar-refractivity contribution is -0.214. The number of aliphatic hydroxyl groups excluding tert-OH is 1. The van der Waals surface area contributed by atoms with Gasteiger partial charge in [-0.2, -0.15) is 0 Å². The molecule has 0 spiro atoms. The second-order valence-corrected chi connectivity index (χ2v) is 22.2. The van der Waals surface area contributed by atoms with Crippen LogP contribution in [0.15, 0.2) is 11.1 Å². The Morgan fingerprint density at radius 3 is 2.15 bits per heavy atom. The highest BCUT2D eigenvalue weighted by atomic mass is 16.5. The number of aliphatic hydroxyl groups is 1. The Hall–Kier alpha value is -1.73. The summed E-state index contributed by atoms with van der Waals surface area (Å²) in [6, 6.07) is 0. The van der Waals surface area contributed by atoms with Gasteiger partial charge in [-0.25, -0.2) is 0 Å². The lowest BCUT2D eigenvalue weighted by Crippen LogP contribution is -2.63. The van der Waals surface area contributed by atoms with Crippen molar-refractivity contribution in [2.24, 2.45) is 62.6 Å². The van der Waals surface area contributed by atoms with E-state index in [1.807, 2.05) is 19.0 Å². The van der Waals surface area contributed by atoms with Crippen molar-refractivity contribution in [3.63, 3.8) is 0 Å². The molecule has 0 bridgehead atoms. The maximum Gasteiger partial charge on any atom is 0.306 e. The maximum atomic E-state index is 14.2. The number of rotatable bonds is 10. The Morgan fingerprint density at radius 1 is 0.852 bits per heavy atom. The van der Waals surface area contributed by atoms with Crippen molar-refractivity contribution in [3.8, 4) is 0 Å². The van der Waals surface area contributed by atoms with E-state index in [0.29, 0.717) is 49.6 Å². The van der Waals surface area contributed by atoms with Crippen LogP contribution >= 0.6 is 0 Å². The molecule has 5 saturated carbocycles. The van der Waals surface area contributed by atoms with Crippen LogP contribution in [0, 0.1) is 62.6 Å². The SMILES string of the molecule is CC(C)C1=C2C3CCC4C(C)(CCC5C(C)(C)C(OC(=O)CC(C)(C)C)CCC54C)C3CCC2(C(O)CN(CCN(C)C)C(=O)C2CCCCC2)CC1=O. The monoisotopic (exact) mass is 751 g/mol. The molecule has 54 heavy (non-hydrogen) atoms. The van der Waals surface area contributed by atoms with E-state index in [4.69, 9.17) is 4.74 Å². The van der Waals surface area contributed by atoms with Gasteiger partial charge < -0.3 is 19.6 Å². The molecule has 0 aromatic carbocycles. The first-order valence-electron chi connectivity index (χ1n) is 22.2. The van der Waals surface area contributed by atoms with Gasteiger partial charge in [0.05, 0.1) is 12.5 Å². The number of hydrogen-bond donors (Lipinski definition) is 1. The summed E-state index contributed by atoms with van der Waals surface area (Å²) in [4.78, 5) is 45.5. The van der Waals surface area contributed by atoms with Crippen molar-refractivity contribution < 1.29 is 24.2 Å². The van der Waals surface area contributed by atoms with Crippen molar-refractivity contribution in [2.45, 2.75) is 171 Å². The number of carbonyl (C=O) groups is 3. The molecule has 0 saturated heterocycles. The second-order valence-electron chi connectivity index (χ2n) is 22.2. The van der Waals surface area contributed by atoms with E-state index in [2.05, 4.69) is 67.2 Å². The smallest absolute Gasteiger partial charge is 0.306 e. The predicted octanol–water partition coefficient (Wildman–Crippen LogP) is 9.26. The van der Waals surface area contributed by atoms with Gasteiger partial charge in [-0.3, -0.25) is 14.4 Å². The normalized spacial score (nSPS) is 37.4. The molecule has 7 heteroatoms. The van der Waals surface area contributed by atoms with E-state index in [1.54, 1.807) is 0 Å². The lowest BCUT2D eigenvalue weighted by Gasteiger charge is -2.69. The minimum absolute atomic E-state index is 0.0477. The van der Waals surface area contributed by atoms with Crippen LogP contribution < -0.4 is 0 Å². The summed E-state index contributed by atoms with van der Waals surface area (Å²) in [5, 5.41) is 12.6. The van der Waals surface area contributed by atoms with Crippen LogP contribution in [0.3, 0.4) is 0 Å². The first-order valence-corrected chi connectivity index (χ1v) is 22.2. The number of ether oxygens (including phenoxy) is 1. The molecule has 1 N–H and O–H groups in total. The standard InChI is InChI=1S/C47H78N2O5/c1-30(2)40-34(50)27-47(37(51)29-49(26-25-48(10)11)42(53)31-15-13-12-14-16-31)24-19-33-32(41(40)47)17-18-36-45(33,8)22-20-35-44(6,7)38(21-23-46(35,36)9)54-39(52)28-43(3,4)5/h30-33,35-38,51H,12-29H2,1-11H3. The maximum absolute atomic E-state index is 14.2. The first-order chi connectivity index (χ1) is 25.2. The number of allylic oxidation sites excluding steroid dienone is 1. The quantitative estimate of drug-likeness (QED) is 0.224. The van der Waals surface area contributed by atoms with Crippen LogP contribution in [0.2, 0.25) is 0 Å². The Labute approximate surface area is 329 Å². The highest BCUT2D eigenvalue weighted by Crippen LogP contribution is 2.73. The minimum Gasteiger partial charge on any atom is -0.462 e. The van der Waals surface area contributed by atoms with Crippen molar-refractivity contribution in [1.29, 1.82) is 0 Å². The van der Waals surface area contributed by atoms with E-state index in [9.17, 15) is 19.5 Å². The fourth-order valence-electron chi connectivity index (χ4n) is 14.2. The zero-order valence-electron chi connectivity index (χ0n) is 36.3. The van der Waals surface area contributed by atoms with Crippen LogP contribution in [0.25, 0.3) is 0 Å². The van der Waals surface area contributed by atoms with Crippen LogP contribution in [-0.2, 0) is 19.1 Å². The van der Waals surface area contributed by atoms with Gasteiger partial charge in [0.1, 0.15) is 6.10 Å². The highest BCUT2D eigenvalue weighted by molar-refractivity contribution is 6.00. The fraction of sp³-hybridized carbons (Fsp3) is 0.894. The number of carbonyl (C=O) groups excluding carboxylic acids is 3. The average Bonchev–Trinajstić information content (AvgIpc) is 3.40. The third-order valence-electron chi connectivity index (χ3n) is 16.6. The van der Waals surface area contributed by atoms with Gasteiger partial charge in [-0.05, 0) is 130 Å². The van der Waals surface area contributed by atoms with Crippen molar-refractivity contribution in [2.75, 3.05) is 33.7 Å². The number of fused-ring (bicyclic) bond motifs is 7. The molecule has 0 heterocycles. The summed E-state index contributed by atoms with van der Waals surface area (Å²) in [6.45, 7) is 22.3. The Bertz CT molecular complexity index is 1450. The molecule has 9 unspecified atom stereocenters. The van der Waals surface area contributed by atoms with Gasteiger partial charge in [-0.15, -0.1) is 0 Å². The van der Waals surface area contributed by atoms with Crippen molar-refractivity contribution in [3.05, 3.63) is 11.1 Å². The fourth-order valence-corrected chi connectivity index (χ4v) is 14.2. The number of amides is 1. The van der Waals surface area contributed by atoms with Crippen LogP contribution in [0.4, 0.5) is 0 Å². The number of hydrogen-bond acceptors (Lipinski definition) is 6. The molecule has 9 atom stereocenters. The molecular weight excluding hydrogens is 673 g/mol. The van der Waals surface area contributed by atoms with Gasteiger partial charge in [0.15, 0.2) is 5.78 Å². The van der Waals surface area contributed by atoms with Gasteiger partial charge in [-0.1, -0.05) is 87.1 Å². The number of Topliss-reactive ketones (excluding diaryl/α,β-unsaturated/α-hetero) is 1. The lowest BCUT2D eigenvalue weighted by atomic mass is 9.36. The molecular formula is C47H78N2O5. The summed E-state index contributed by atoms with van der Waals surface area (Å²) in [5.74, 6) is 2.38. The summed E-state index contributed by atoms with van der Waals surface area (Å²) >= 11 is 0. The van der Waals surface area contributed by atoms with E-state index in [-0.39, 0.29) is 57.3 Å². The Balaban J connectivity index is 1.27. The van der Waals surface area contributed by atoms with E-state index in [1.165, 1.54) is 12.0 Å². The molecule has 6 rings (SSSR count). The van der Waals surface area contributed by atoms with Crippen LogP contribution in [0.5, 0.6) is 0 Å². The number of nitrogens with zero attached hydrogens (tertiary/aromatic N) is 2. The Morgan fingerprint density at radius 2 is 1.52 bits per heavy atom. The molecule has 0 aliphatic heterocycles. The molecule has 1 amide bonds. The summed E-state index contributed by atoms with van der Waals surface area (Å²) in [7, 11) is 4.09. The summed E-state index contributed by atoms with van der Waals surface area (Å²) in [5.41, 5.74) is 1.84. The Kier molecular flexibility index (Phi) is 11.8. The van der Waals surface area contributed by atoms with E-state index < -0.39 is 11.5 Å². The van der Waals surface area contributed by atoms with Gasteiger partial charge in [0.25, 0.3) is 0 Å². The predicted molar refractivity (Wildman–Crippen MR) is 216 cm³/mol.